The lowest BCUT2D eigenvalue weighted by molar-refractivity contribution is 1.64. The molecular weight excluding hydrogens is 196 g/mol. The van der Waals surface area contributed by atoms with E-state index >= 15 is 0 Å². The summed E-state index contributed by atoms with van der Waals surface area (Å²) in [5.41, 5.74) is 4.01. The first kappa shape index (κ1) is 11.6. The fourth-order valence-corrected chi connectivity index (χ4v) is 2.12. The number of rotatable bonds is 1. The standard InChI is InChI=1S/C14H16Si/c1-5-14(15(2,3)4)12-11-13-9-7-6-8-10-13/h6-10H,1H2,2-4H3. The largest absolute Gasteiger partial charge is 0.121 e. The van der Waals surface area contributed by atoms with E-state index in [0.29, 0.717) is 0 Å². The van der Waals surface area contributed by atoms with Crippen molar-refractivity contribution in [1.82, 2.24) is 0 Å². The molecule has 0 saturated carbocycles. The van der Waals surface area contributed by atoms with E-state index < -0.39 is 8.07 Å². The van der Waals surface area contributed by atoms with Crippen molar-refractivity contribution >= 4 is 8.07 Å². The highest BCUT2D eigenvalue weighted by atomic mass is 28.3. The molecule has 76 valence electrons. The molecule has 1 heteroatoms. The minimum absolute atomic E-state index is 1.04. The van der Waals surface area contributed by atoms with Crippen LogP contribution in [0.4, 0.5) is 0 Å². The molecule has 15 heavy (non-hydrogen) atoms. The van der Waals surface area contributed by atoms with Crippen LogP contribution in [-0.2, 0) is 0 Å². The van der Waals surface area contributed by atoms with Crippen LogP contribution in [0, 0.1) is 11.8 Å². The highest BCUT2D eigenvalue weighted by Crippen LogP contribution is 2.11. The molecule has 0 unspecified atom stereocenters. The Morgan fingerprint density at radius 2 is 1.73 bits per heavy atom. The van der Waals surface area contributed by atoms with Crippen LogP contribution in [0.2, 0.25) is 19.6 Å². The molecule has 0 aromatic heterocycles. The van der Waals surface area contributed by atoms with Crippen LogP contribution in [-0.4, -0.2) is 8.07 Å². The maximum Gasteiger partial charge on any atom is 0.0984 e. The Kier molecular flexibility index (Phi) is 3.74. The molecule has 0 aliphatic carbocycles. The first-order valence-corrected chi connectivity index (χ1v) is 8.51. The van der Waals surface area contributed by atoms with Gasteiger partial charge in [-0.3, -0.25) is 0 Å². The predicted octanol–water partition coefficient (Wildman–Crippen LogP) is 3.63. The van der Waals surface area contributed by atoms with Crippen molar-refractivity contribution in [3.63, 3.8) is 0 Å². The van der Waals surface area contributed by atoms with E-state index in [-0.39, 0.29) is 0 Å². The molecule has 0 radical (unpaired) electrons. The third kappa shape index (κ3) is 3.63. The van der Waals surface area contributed by atoms with Gasteiger partial charge in [0.25, 0.3) is 0 Å². The van der Waals surface area contributed by atoms with E-state index in [2.05, 4.69) is 43.8 Å². The minimum atomic E-state index is -1.37. The summed E-state index contributed by atoms with van der Waals surface area (Å²) in [7, 11) is -1.37. The third-order valence-electron chi connectivity index (χ3n) is 2.03. The van der Waals surface area contributed by atoms with E-state index in [1.165, 1.54) is 0 Å². The van der Waals surface area contributed by atoms with Crippen LogP contribution in [0.1, 0.15) is 5.56 Å². The Balaban J connectivity index is 2.97. The molecule has 0 fully saturated rings. The van der Waals surface area contributed by atoms with Gasteiger partial charge in [0, 0.05) is 10.8 Å². The average molecular weight is 212 g/mol. The highest BCUT2D eigenvalue weighted by molar-refractivity contribution is 6.84. The Labute approximate surface area is 93.4 Å². The van der Waals surface area contributed by atoms with Gasteiger partial charge in [-0.2, -0.15) is 0 Å². The molecule has 0 nitrogen and oxygen atoms in total. The van der Waals surface area contributed by atoms with Crippen LogP contribution in [0.3, 0.4) is 0 Å². The van der Waals surface area contributed by atoms with Crippen LogP contribution in [0.15, 0.2) is 47.8 Å². The summed E-state index contributed by atoms with van der Waals surface area (Å²) < 4.78 is 0. The Bertz CT molecular complexity index is 432. The maximum atomic E-state index is 3.71. The second-order valence-corrected chi connectivity index (χ2v) is 9.42. The molecule has 0 amide bonds. The van der Waals surface area contributed by atoms with Crippen LogP contribution in [0.5, 0.6) is 0 Å². The van der Waals surface area contributed by atoms with E-state index in [9.17, 15) is 0 Å². The van der Waals surface area contributed by atoms with E-state index in [1.54, 1.807) is 0 Å². The first-order valence-electron chi connectivity index (χ1n) is 5.01. The zero-order chi connectivity index (χ0) is 11.3. The summed E-state index contributed by atoms with van der Waals surface area (Å²) in [4.78, 5) is 0. The minimum Gasteiger partial charge on any atom is -0.121 e. The molecule has 0 saturated heterocycles. The third-order valence-corrected chi connectivity index (χ3v) is 3.83. The molecular formula is C14H16Si. The first-order chi connectivity index (χ1) is 7.04. The van der Waals surface area contributed by atoms with E-state index in [1.807, 2.05) is 30.3 Å². The molecule has 1 aromatic carbocycles. The van der Waals surface area contributed by atoms with E-state index in [0.717, 1.165) is 10.8 Å². The quantitative estimate of drug-likeness (QED) is 0.379. The average Bonchev–Trinajstić information content (AvgIpc) is 2.18. The van der Waals surface area contributed by atoms with Gasteiger partial charge in [0.05, 0.1) is 8.07 Å². The van der Waals surface area contributed by atoms with Crippen molar-refractivity contribution in [2.75, 3.05) is 0 Å². The fourth-order valence-electron chi connectivity index (χ4n) is 1.15. The van der Waals surface area contributed by atoms with E-state index in [4.69, 9.17) is 0 Å². The summed E-state index contributed by atoms with van der Waals surface area (Å²) >= 11 is 0. The van der Waals surface area contributed by atoms with Gasteiger partial charge in [-0.25, -0.2) is 0 Å². The summed E-state index contributed by atoms with van der Waals surface area (Å²) in [6.07, 6.45) is 0. The Morgan fingerprint density at radius 3 is 2.20 bits per heavy atom. The second kappa shape index (κ2) is 4.84. The SMILES string of the molecule is C=C=C(C#Cc1ccccc1)[Si](C)(C)C. The molecule has 0 aliphatic rings. The zero-order valence-electron chi connectivity index (χ0n) is 9.59. The van der Waals surface area contributed by atoms with Crippen molar-refractivity contribution in [1.29, 1.82) is 0 Å². The molecule has 0 bridgehead atoms. The smallest absolute Gasteiger partial charge is 0.0984 e. The Morgan fingerprint density at radius 1 is 1.13 bits per heavy atom. The molecule has 0 N–H and O–H groups in total. The number of hydrogen-bond donors (Lipinski definition) is 0. The maximum absolute atomic E-state index is 3.71. The predicted molar refractivity (Wildman–Crippen MR) is 69.3 cm³/mol. The molecule has 1 rings (SSSR count). The van der Waals surface area contributed by atoms with Gasteiger partial charge in [0.15, 0.2) is 0 Å². The zero-order valence-corrected chi connectivity index (χ0v) is 10.6. The normalized spacial score (nSPS) is 9.80. The van der Waals surface area contributed by atoms with Gasteiger partial charge >= 0.3 is 0 Å². The van der Waals surface area contributed by atoms with Gasteiger partial charge in [0.2, 0.25) is 0 Å². The van der Waals surface area contributed by atoms with Crippen molar-refractivity contribution in [3.05, 3.63) is 53.4 Å². The van der Waals surface area contributed by atoms with Crippen molar-refractivity contribution in [2.24, 2.45) is 0 Å². The highest BCUT2D eigenvalue weighted by Gasteiger charge is 2.17. The number of benzene rings is 1. The van der Waals surface area contributed by atoms with Gasteiger partial charge in [-0.05, 0) is 12.1 Å². The lowest BCUT2D eigenvalue weighted by Gasteiger charge is -2.12. The summed E-state index contributed by atoms with van der Waals surface area (Å²) in [6, 6.07) is 10.0. The lowest BCUT2D eigenvalue weighted by Crippen LogP contribution is -2.22. The van der Waals surface area contributed by atoms with Crippen molar-refractivity contribution in [2.45, 2.75) is 19.6 Å². The molecule has 0 atom stereocenters. The molecule has 0 heterocycles. The molecule has 0 aliphatic heterocycles. The Hall–Kier alpha value is -1.48. The molecule has 0 spiro atoms. The van der Waals surface area contributed by atoms with Gasteiger partial charge in [0.1, 0.15) is 0 Å². The topological polar surface area (TPSA) is 0 Å². The van der Waals surface area contributed by atoms with Crippen LogP contribution >= 0.6 is 0 Å². The van der Waals surface area contributed by atoms with Gasteiger partial charge < -0.3 is 0 Å². The number of allylic oxidation sites excluding steroid dienone is 1. The van der Waals surface area contributed by atoms with Gasteiger partial charge in [-0.15, -0.1) is 5.73 Å². The van der Waals surface area contributed by atoms with Gasteiger partial charge in [-0.1, -0.05) is 56.3 Å². The second-order valence-electron chi connectivity index (χ2n) is 4.42. The summed E-state index contributed by atoms with van der Waals surface area (Å²) in [5, 5.41) is 1.09. The monoisotopic (exact) mass is 212 g/mol. The number of hydrogen-bond acceptors (Lipinski definition) is 0. The lowest BCUT2D eigenvalue weighted by atomic mass is 10.2. The van der Waals surface area contributed by atoms with Crippen LogP contribution in [0.25, 0.3) is 0 Å². The summed E-state index contributed by atoms with van der Waals surface area (Å²) in [5.74, 6) is 6.33. The van der Waals surface area contributed by atoms with Crippen molar-refractivity contribution < 1.29 is 0 Å². The summed E-state index contributed by atoms with van der Waals surface area (Å²) in [6.45, 7) is 10.5. The van der Waals surface area contributed by atoms with Crippen molar-refractivity contribution in [3.8, 4) is 11.8 Å². The van der Waals surface area contributed by atoms with Crippen LogP contribution < -0.4 is 0 Å². The molecule has 1 aromatic rings. The fraction of sp³-hybridized carbons (Fsp3) is 0.214.